The van der Waals surface area contributed by atoms with Gasteiger partial charge in [-0.1, -0.05) is 29.8 Å². The smallest absolute Gasteiger partial charge is 0.313 e. The first-order chi connectivity index (χ1) is 9.08. The van der Waals surface area contributed by atoms with E-state index >= 15 is 0 Å². The molecular weight excluding hydrogens is 262 g/mol. The Morgan fingerprint density at radius 1 is 1.32 bits per heavy atom. The number of rotatable bonds is 7. The third-order valence-corrected chi connectivity index (χ3v) is 3.22. The number of nitrogens with one attached hydrogen (secondary N) is 1. The van der Waals surface area contributed by atoms with Crippen LogP contribution in [0.1, 0.15) is 11.1 Å². The molecule has 0 aliphatic rings. The van der Waals surface area contributed by atoms with Crippen LogP contribution in [-0.2, 0) is 9.59 Å². The minimum Gasteiger partial charge on any atom is -0.481 e. The van der Waals surface area contributed by atoms with Crippen LogP contribution in [-0.4, -0.2) is 35.0 Å². The molecule has 5 heteroatoms. The van der Waals surface area contributed by atoms with Gasteiger partial charge in [0.05, 0.1) is 5.75 Å². The molecule has 0 heterocycles. The quantitative estimate of drug-likeness (QED) is 0.591. The van der Waals surface area contributed by atoms with E-state index in [9.17, 15) is 9.59 Å². The van der Waals surface area contributed by atoms with Gasteiger partial charge in [0.1, 0.15) is 0 Å². The third-order valence-electron chi connectivity index (χ3n) is 2.28. The maximum atomic E-state index is 11.5. The highest BCUT2D eigenvalue weighted by Gasteiger charge is 1.98. The Labute approximate surface area is 116 Å². The van der Waals surface area contributed by atoms with Crippen molar-refractivity contribution in [1.82, 2.24) is 5.32 Å². The molecule has 0 saturated heterocycles. The standard InChI is InChI=1S/C14H17NO3S/c1-11-2-4-12(5-3-11)6-7-13(16)15-8-9-19-10-14(17)18/h2-7H,8-10H2,1H3,(H,15,16)(H,17,18)/b7-6+. The molecule has 0 aromatic heterocycles. The molecule has 0 atom stereocenters. The molecule has 19 heavy (non-hydrogen) atoms. The predicted octanol–water partition coefficient (Wildman–Crippen LogP) is 1.94. The maximum Gasteiger partial charge on any atom is 0.313 e. The zero-order chi connectivity index (χ0) is 14.1. The minimum atomic E-state index is -0.837. The van der Waals surface area contributed by atoms with Gasteiger partial charge >= 0.3 is 5.97 Å². The average molecular weight is 279 g/mol. The van der Waals surface area contributed by atoms with Crippen molar-refractivity contribution in [1.29, 1.82) is 0 Å². The lowest BCUT2D eigenvalue weighted by atomic mass is 10.1. The second-order valence-electron chi connectivity index (χ2n) is 3.98. The lowest BCUT2D eigenvalue weighted by Crippen LogP contribution is -2.23. The van der Waals surface area contributed by atoms with Crippen LogP contribution < -0.4 is 5.32 Å². The molecule has 0 fully saturated rings. The number of thioether (sulfide) groups is 1. The summed E-state index contributed by atoms with van der Waals surface area (Å²) in [6.45, 7) is 2.48. The Bertz CT molecular complexity index is 454. The topological polar surface area (TPSA) is 66.4 Å². The highest BCUT2D eigenvalue weighted by molar-refractivity contribution is 7.99. The zero-order valence-corrected chi connectivity index (χ0v) is 11.6. The number of hydrogen-bond donors (Lipinski definition) is 2. The van der Waals surface area contributed by atoms with Crippen LogP contribution in [0.4, 0.5) is 0 Å². The Hall–Kier alpha value is -1.75. The van der Waals surface area contributed by atoms with Gasteiger partial charge in [-0.05, 0) is 18.6 Å². The zero-order valence-electron chi connectivity index (χ0n) is 10.8. The fourth-order valence-electron chi connectivity index (χ4n) is 1.31. The maximum absolute atomic E-state index is 11.5. The van der Waals surface area contributed by atoms with Crippen LogP contribution in [0.2, 0.25) is 0 Å². The van der Waals surface area contributed by atoms with E-state index in [-0.39, 0.29) is 11.7 Å². The van der Waals surface area contributed by atoms with Gasteiger partial charge in [-0.25, -0.2) is 0 Å². The Morgan fingerprint density at radius 2 is 2.00 bits per heavy atom. The molecule has 0 bridgehead atoms. The summed E-state index contributed by atoms with van der Waals surface area (Å²) in [5, 5.41) is 11.1. The molecule has 2 N–H and O–H groups in total. The van der Waals surface area contributed by atoms with Gasteiger partial charge in [-0.15, -0.1) is 11.8 Å². The molecule has 0 aliphatic heterocycles. The minimum absolute atomic E-state index is 0.0646. The van der Waals surface area contributed by atoms with Crippen molar-refractivity contribution in [2.45, 2.75) is 6.92 Å². The van der Waals surface area contributed by atoms with Crippen LogP contribution >= 0.6 is 11.8 Å². The molecule has 0 saturated carbocycles. The number of carbonyl (C=O) groups is 2. The second kappa shape index (κ2) is 8.37. The Morgan fingerprint density at radius 3 is 2.63 bits per heavy atom. The summed E-state index contributed by atoms with van der Waals surface area (Å²) >= 11 is 1.28. The van der Waals surface area contributed by atoms with E-state index in [1.165, 1.54) is 23.4 Å². The average Bonchev–Trinajstić information content (AvgIpc) is 2.37. The Kier molecular flexibility index (Phi) is 6.74. The van der Waals surface area contributed by atoms with Crippen molar-refractivity contribution in [3.63, 3.8) is 0 Å². The van der Waals surface area contributed by atoms with Crippen LogP contribution in [0.15, 0.2) is 30.3 Å². The first-order valence-electron chi connectivity index (χ1n) is 5.90. The normalized spacial score (nSPS) is 10.6. The van der Waals surface area contributed by atoms with Crippen molar-refractivity contribution in [3.8, 4) is 0 Å². The van der Waals surface area contributed by atoms with E-state index in [0.29, 0.717) is 12.3 Å². The number of amides is 1. The number of carboxylic acid groups (broad SMARTS) is 1. The summed E-state index contributed by atoms with van der Waals surface area (Å²) in [5.41, 5.74) is 2.15. The summed E-state index contributed by atoms with van der Waals surface area (Å²) in [5.74, 6) is -0.349. The lowest BCUT2D eigenvalue weighted by molar-refractivity contribution is -0.133. The third kappa shape index (κ3) is 7.31. The van der Waals surface area contributed by atoms with Crippen molar-refractivity contribution >= 4 is 29.7 Å². The summed E-state index contributed by atoms with van der Waals surface area (Å²) in [4.78, 5) is 21.7. The van der Waals surface area contributed by atoms with Crippen LogP contribution in [0, 0.1) is 6.92 Å². The fraction of sp³-hybridized carbons (Fsp3) is 0.286. The number of hydrogen-bond acceptors (Lipinski definition) is 3. The van der Waals surface area contributed by atoms with Crippen LogP contribution in [0.25, 0.3) is 6.08 Å². The van der Waals surface area contributed by atoms with Gasteiger partial charge in [-0.2, -0.15) is 0 Å². The molecule has 0 radical (unpaired) electrons. The van der Waals surface area contributed by atoms with Gasteiger partial charge in [0.15, 0.2) is 0 Å². The first-order valence-corrected chi connectivity index (χ1v) is 7.05. The summed E-state index contributed by atoms with van der Waals surface area (Å²) in [7, 11) is 0. The number of carbonyl (C=O) groups excluding carboxylic acids is 1. The van der Waals surface area contributed by atoms with E-state index in [1.807, 2.05) is 31.2 Å². The Balaban J connectivity index is 2.23. The molecule has 1 rings (SSSR count). The van der Waals surface area contributed by atoms with E-state index < -0.39 is 5.97 Å². The second-order valence-corrected chi connectivity index (χ2v) is 5.09. The molecule has 0 spiro atoms. The number of benzene rings is 1. The highest BCUT2D eigenvalue weighted by atomic mass is 32.2. The van der Waals surface area contributed by atoms with Crippen LogP contribution in [0.5, 0.6) is 0 Å². The fourth-order valence-corrected chi connectivity index (χ4v) is 1.88. The predicted molar refractivity (Wildman–Crippen MR) is 78.2 cm³/mol. The SMILES string of the molecule is Cc1ccc(/C=C/C(=O)NCCSCC(=O)O)cc1. The number of aryl methyl sites for hydroxylation is 1. The molecule has 4 nitrogen and oxygen atoms in total. The summed E-state index contributed by atoms with van der Waals surface area (Å²) < 4.78 is 0. The molecular formula is C14H17NO3S. The number of carboxylic acids is 1. The number of aliphatic carboxylic acids is 1. The molecule has 0 unspecified atom stereocenters. The molecule has 1 aromatic carbocycles. The summed E-state index contributed by atoms with van der Waals surface area (Å²) in [6, 6.07) is 7.86. The van der Waals surface area contributed by atoms with E-state index in [1.54, 1.807) is 6.08 Å². The van der Waals surface area contributed by atoms with Crippen molar-refractivity contribution < 1.29 is 14.7 Å². The van der Waals surface area contributed by atoms with Crippen molar-refractivity contribution in [2.75, 3.05) is 18.1 Å². The monoisotopic (exact) mass is 279 g/mol. The van der Waals surface area contributed by atoms with Crippen molar-refractivity contribution in [3.05, 3.63) is 41.5 Å². The van der Waals surface area contributed by atoms with E-state index in [2.05, 4.69) is 5.32 Å². The first kappa shape index (κ1) is 15.3. The summed E-state index contributed by atoms with van der Waals surface area (Å²) in [6.07, 6.45) is 3.23. The molecule has 1 aromatic rings. The molecule has 102 valence electrons. The van der Waals surface area contributed by atoms with E-state index in [0.717, 1.165) is 5.56 Å². The molecule has 0 aliphatic carbocycles. The van der Waals surface area contributed by atoms with Crippen LogP contribution in [0.3, 0.4) is 0 Å². The lowest BCUT2D eigenvalue weighted by Gasteiger charge is -2.00. The van der Waals surface area contributed by atoms with Gasteiger partial charge in [0.2, 0.25) is 5.91 Å². The van der Waals surface area contributed by atoms with Gasteiger partial charge in [0, 0.05) is 18.4 Å². The van der Waals surface area contributed by atoms with Crippen molar-refractivity contribution in [2.24, 2.45) is 0 Å². The van der Waals surface area contributed by atoms with Gasteiger partial charge < -0.3 is 10.4 Å². The highest BCUT2D eigenvalue weighted by Crippen LogP contribution is 2.04. The van der Waals surface area contributed by atoms with Gasteiger partial charge in [0.25, 0.3) is 0 Å². The molecule has 1 amide bonds. The largest absolute Gasteiger partial charge is 0.481 e. The van der Waals surface area contributed by atoms with E-state index in [4.69, 9.17) is 5.11 Å². The van der Waals surface area contributed by atoms with Gasteiger partial charge in [-0.3, -0.25) is 9.59 Å².